The van der Waals surface area contributed by atoms with Crippen molar-refractivity contribution >= 4 is 0 Å². The molecule has 1 atom stereocenters. The van der Waals surface area contributed by atoms with Gasteiger partial charge in [0.05, 0.1) is 0 Å². The van der Waals surface area contributed by atoms with E-state index in [1.807, 2.05) is 13.0 Å². The van der Waals surface area contributed by atoms with E-state index in [0.29, 0.717) is 6.04 Å². The lowest BCUT2D eigenvalue weighted by molar-refractivity contribution is 0.550. The number of azo groups is 1. The third-order valence-electron chi connectivity index (χ3n) is 1.12. The first-order chi connectivity index (χ1) is 3.88. The van der Waals surface area contributed by atoms with Crippen LogP contribution in [-0.4, -0.2) is 6.04 Å². The molecule has 3 nitrogen and oxygen atoms in total. The average Bonchev–Trinajstić information content (AvgIpc) is 1.66. The molecule has 1 aliphatic rings. The SMILES string of the molecule is CCC1N=N[C]1C#N. The first kappa shape index (κ1) is 5.23. The second-order valence-electron chi connectivity index (χ2n) is 1.64. The lowest BCUT2D eigenvalue weighted by Gasteiger charge is -2.16. The summed E-state index contributed by atoms with van der Waals surface area (Å²) in [5.74, 6) is 0. The lowest BCUT2D eigenvalue weighted by Crippen LogP contribution is -2.18. The fourth-order valence-electron chi connectivity index (χ4n) is 0.569. The molecular formula is C5H6N3. The highest BCUT2D eigenvalue weighted by atomic mass is 15.2. The Morgan fingerprint density at radius 1 is 1.88 bits per heavy atom. The molecule has 1 unspecified atom stereocenters. The second kappa shape index (κ2) is 1.91. The Morgan fingerprint density at radius 2 is 2.62 bits per heavy atom. The summed E-state index contributed by atoms with van der Waals surface area (Å²) in [6.45, 7) is 1.99. The molecule has 1 aliphatic heterocycles. The molecule has 0 amide bonds. The van der Waals surface area contributed by atoms with Crippen molar-refractivity contribution in [2.45, 2.75) is 19.4 Å². The van der Waals surface area contributed by atoms with Crippen LogP contribution in [0.15, 0.2) is 10.2 Å². The number of hydrogen-bond acceptors (Lipinski definition) is 3. The highest BCUT2D eigenvalue weighted by molar-refractivity contribution is 5.20. The van der Waals surface area contributed by atoms with E-state index in [2.05, 4.69) is 10.2 Å². The van der Waals surface area contributed by atoms with Gasteiger partial charge in [0, 0.05) is 0 Å². The van der Waals surface area contributed by atoms with E-state index in [0.717, 1.165) is 6.42 Å². The van der Waals surface area contributed by atoms with Gasteiger partial charge in [-0.25, -0.2) is 0 Å². The van der Waals surface area contributed by atoms with Crippen LogP contribution in [0.4, 0.5) is 0 Å². The van der Waals surface area contributed by atoms with Gasteiger partial charge in [-0.05, 0) is 6.42 Å². The van der Waals surface area contributed by atoms with Crippen LogP contribution in [0.2, 0.25) is 0 Å². The second-order valence-corrected chi connectivity index (χ2v) is 1.64. The predicted octanol–water partition coefficient (Wildman–Crippen LogP) is 1.29. The largest absolute Gasteiger partial charge is 0.233 e. The molecule has 0 saturated heterocycles. The summed E-state index contributed by atoms with van der Waals surface area (Å²) >= 11 is 0. The van der Waals surface area contributed by atoms with Crippen molar-refractivity contribution in [3.8, 4) is 6.07 Å². The Bertz CT molecular complexity index is 144. The molecule has 41 valence electrons. The number of hydrogen-bond donors (Lipinski definition) is 0. The summed E-state index contributed by atoms with van der Waals surface area (Å²) in [6.07, 6.45) is 0.895. The van der Waals surface area contributed by atoms with Crippen LogP contribution >= 0.6 is 0 Å². The molecule has 1 radical (unpaired) electrons. The van der Waals surface area contributed by atoms with Gasteiger partial charge >= 0.3 is 0 Å². The molecule has 1 rings (SSSR count). The number of nitriles is 1. The van der Waals surface area contributed by atoms with Gasteiger partial charge in [-0.1, -0.05) is 6.92 Å². The molecular weight excluding hydrogens is 102 g/mol. The van der Waals surface area contributed by atoms with Crippen LogP contribution < -0.4 is 0 Å². The van der Waals surface area contributed by atoms with E-state index in [9.17, 15) is 0 Å². The van der Waals surface area contributed by atoms with Crippen molar-refractivity contribution in [2.24, 2.45) is 10.2 Å². The summed E-state index contributed by atoms with van der Waals surface area (Å²) in [5, 5.41) is 15.5. The molecule has 3 heteroatoms. The molecule has 0 aliphatic carbocycles. The van der Waals surface area contributed by atoms with Gasteiger partial charge in [-0.2, -0.15) is 15.5 Å². The van der Waals surface area contributed by atoms with Crippen LogP contribution in [0, 0.1) is 17.4 Å². The standard InChI is InChI=1S/C5H6N3/c1-2-4-5(3-6)8-7-4/h4H,2H2,1H3. The van der Waals surface area contributed by atoms with E-state index in [1.54, 1.807) is 0 Å². The van der Waals surface area contributed by atoms with Crippen LogP contribution in [-0.2, 0) is 0 Å². The average molecular weight is 108 g/mol. The van der Waals surface area contributed by atoms with Crippen molar-refractivity contribution < 1.29 is 0 Å². The van der Waals surface area contributed by atoms with Crippen LogP contribution in [0.3, 0.4) is 0 Å². The molecule has 0 aromatic rings. The Balaban J connectivity index is 2.45. The third-order valence-corrected chi connectivity index (χ3v) is 1.12. The Morgan fingerprint density at radius 3 is 2.75 bits per heavy atom. The van der Waals surface area contributed by atoms with Crippen molar-refractivity contribution in [3.05, 3.63) is 6.04 Å². The highest BCUT2D eigenvalue weighted by Gasteiger charge is 2.27. The van der Waals surface area contributed by atoms with Gasteiger partial charge in [0.25, 0.3) is 0 Å². The molecule has 0 fully saturated rings. The Kier molecular flexibility index (Phi) is 1.25. The first-order valence-corrected chi connectivity index (χ1v) is 2.56. The van der Waals surface area contributed by atoms with Crippen molar-refractivity contribution in [1.82, 2.24) is 0 Å². The Hall–Kier alpha value is -0.910. The van der Waals surface area contributed by atoms with Crippen LogP contribution in [0.25, 0.3) is 0 Å². The maximum Gasteiger partial charge on any atom is 0.233 e. The van der Waals surface area contributed by atoms with E-state index < -0.39 is 0 Å². The summed E-state index contributed by atoms with van der Waals surface area (Å²) in [5.41, 5.74) is 0. The van der Waals surface area contributed by atoms with Crippen molar-refractivity contribution in [1.29, 1.82) is 5.26 Å². The summed E-state index contributed by atoms with van der Waals surface area (Å²) in [4.78, 5) is 0. The zero-order valence-electron chi connectivity index (χ0n) is 4.63. The van der Waals surface area contributed by atoms with Gasteiger partial charge in [-0.3, -0.25) is 0 Å². The number of rotatable bonds is 1. The summed E-state index contributed by atoms with van der Waals surface area (Å²) in [6, 6.07) is 2.65. The van der Waals surface area contributed by atoms with Crippen molar-refractivity contribution in [2.75, 3.05) is 0 Å². The highest BCUT2D eigenvalue weighted by Crippen LogP contribution is 2.24. The normalized spacial score (nSPS) is 26.8. The van der Waals surface area contributed by atoms with Crippen molar-refractivity contribution in [3.63, 3.8) is 0 Å². The molecule has 0 aromatic carbocycles. The van der Waals surface area contributed by atoms with Gasteiger partial charge in [-0.15, -0.1) is 0 Å². The fraction of sp³-hybridized carbons (Fsp3) is 0.600. The van der Waals surface area contributed by atoms with Gasteiger partial charge in [0.1, 0.15) is 12.1 Å². The zero-order valence-corrected chi connectivity index (χ0v) is 4.63. The monoisotopic (exact) mass is 108 g/mol. The smallest absolute Gasteiger partial charge is 0.195 e. The maximum atomic E-state index is 8.25. The van der Waals surface area contributed by atoms with Gasteiger partial charge in [0.15, 0.2) is 0 Å². The molecule has 0 saturated carbocycles. The molecule has 8 heavy (non-hydrogen) atoms. The summed E-state index contributed by atoms with van der Waals surface area (Å²) in [7, 11) is 0. The molecule has 0 bridgehead atoms. The molecule has 0 spiro atoms. The fourth-order valence-corrected chi connectivity index (χ4v) is 0.569. The van der Waals surface area contributed by atoms with E-state index in [4.69, 9.17) is 5.26 Å². The molecule has 0 N–H and O–H groups in total. The Labute approximate surface area is 48.0 Å². The number of nitrogens with zero attached hydrogens (tertiary/aromatic N) is 3. The van der Waals surface area contributed by atoms with Crippen LogP contribution in [0.5, 0.6) is 0 Å². The minimum atomic E-state index is 0.111. The predicted molar refractivity (Wildman–Crippen MR) is 27.8 cm³/mol. The van der Waals surface area contributed by atoms with E-state index in [-0.39, 0.29) is 6.04 Å². The minimum Gasteiger partial charge on any atom is -0.195 e. The minimum absolute atomic E-state index is 0.111. The van der Waals surface area contributed by atoms with E-state index in [1.165, 1.54) is 0 Å². The first-order valence-electron chi connectivity index (χ1n) is 2.56. The van der Waals surface area contributed by atoms with Gasteiger partial charge < -0.3 is 0 Å². The zero-order chi connectivity index (χ0) is 5.98. The van der Waals surface area contributed by atoms with Gasteiger partial charge in [0.2, 0.25) is 6.04 Å². The third kappa shape index (κ3) is 0.583. The quantitative estimate of drug-likeness (QED) is 0.499. The molecule has 0 aromatic heterocycles. The topological polar surface area (TPSA) is 48.5 Å². The lowest BCUT2D eigenvalue weighted by atomic mass is 10.1. The van der Waals surface area contributed by atoms with Crippen LogP contribution in [0.1, 0.15) is 13.3 Å². The maximum absolute atomic E-state index is 8.25. The molecule has 1 heterocycles. The van der Waals surface area contributed by atoms with E-state index >= 15 is 0 Å². The summed E-state index contributed by atoms with van der Waals surface area (Å²) < 4.78 is 0.